The summed E-state index contributed by atoms with van der Waals surface area (Å²) in [6, 6.07) is 2.96. The predicted octanol–water partition coefficient (Wildman–Crippen LogP) is -2.93. The standard InChI is InChI=1S/C15H18N2O9/c16-13(23)7-2-1-3-17(5-7)14-12(22)11(21)9(26-14)6-25-15(24)8(18)4-10(19)20/h1-3,5,8-9,11-12,14,18,21-22H,4,6H2,(H2-,16,19,20,23)/p+1/t8-,9+,11+,12+,14+/m0/s1. The van der Waals surface area contributed by atoms with E-state index < -0.39 is 61.5 Å². The summed E-state index contributed by atoms with van der Waals surface area (Å²) in [6.45, 7) is -0.514. The lowest BCUT2D eigenvalue weighted by molar-refractivity contribution is -0.765. The molecule has 1 aromatic heterocycles. The molecule has 0 aromatic carbocycles. The minimum atomic E-state index is -1.85. The van der Waals surface area contributed by atoms with Crippen LogP contribution in [0.25, 0.3) is 0 Å². The molecule has 0 spiro atoms. The molecule has 11 nitrogen and oxygen atoms in total. The third-order valence-electron chi connectivity index (χ3n) is 3.77. The summed E-state index contributed by atoms with van der Waals surface area (Å²) in [5, 5.41) is 38.0. The number of aliphatic hydroxyl groups is 3. The average Bonchev–Trinajstić information content (AvgIpc) is 2.87. The Balaban J connectivity index is 2.01. The summed E-state index contributed by atoms with van der Waals surface area (Å²) >= 11 is 0. The molecule has 142 valence electrons. The first-order chi connectivity index (χ1) is 12.2. The smallest absolute Gasteiger partial charge is 0.335 e. The van der Waals surface area contributed by atoms with Crippen LogP contribution in [0.5, 0.6) is 0 Å². The molecule has 11 heteroatoms. The minimum absolute atomic E-state index is 0.157. The van der Waals surface area contributed by atoms with Gasteiger partial charge in [0.2, 0.25) is 0 Å². The van der Waals surface area contributed by atoms with Crippen LogP contribution in [-0.4, -0.2) is 69.3 Å². The van der Waals surface area contributed by atoms with Gasteiger partial charge in [0.25, 0.3) is 12.1 Å². The van der Waals surface area contributed by atoms with Gasteiger partial charge in [-0.2, -0.15) is 4.57 Å². The SMILES string of the molecule is NC(=O)c1ccc[n+]([C@@H]2O[C@H](COC(=O)[C@@H](O)CC(=O)O)[C@@H](O)[C@H]2O)c1. The second-order valence-corrected chi connectivity index (χ2v) is 5.69. The van der Waals surface area contributed by atoms with Crippen molar-refractivity contribution in [3.63, 3.8) is 0 Å². The van der Waals surface area contributed by atoms with Gasteiger partial charge in [-0.25, -0.2) is 4.79 Å². The normalized spacial score (nSPS) is 26.3. The predicted molar refractivity (Wildman–Crippen MR) is 80.3 cm³/mol. The van der Waals surface area contributed by atoms with Gasteiger partial charge in [-0.1, -0.05) is 0 Å². The van der Waals surface area contributed by atoms with E-state index in [4.69, 9.17) is 20.3 Å². The Labute approximate surface area is 147 Å². The molecule has 1 aromatic rings. The molecular formula is C15H19N2O9+. The Hall–Kier alpha value is -2.60. The number of hydrogen-bond donors (Lipinski definition) is 5. The van der Waals surface area contributed by atoms with Crippen molar-refractivity contribution in [2.45, 2.75) is 37.1 Å². The molecule has 1 aliphatic heterocycles. The summed E-state index contributed by atoms with van der Waals surface area (Å²) in [7, 11) is 0. The number of nitrogens with zero attached hydrogens (tertiary/aromatic N) is 1. The Kier molecular flexibility index (Phi) is 6.21. The van der Waals surface area contributed by atoms with Crippen LogP contribution < -0.4 is 10.3 Å². The first-order valence-electron chi connectivity index (χ1n) is 7.59. The zero-order valence-corrected chi connectivity index (χ0v) is 13.5. The van der Waals surface area contributed by atoms with E-state index in [2.05, 4.69) is 0 Å². The molecule has 1 aliphatic rings. The molecule has 1 saturated heterocycles. The number of aliphatic hydroxyl groups excluding tert-OH is 3. The third-order valence-corrected chi connectivity index (χ3v) is 3.77. The number of carbonyl (C=O) groups excluding carboxylic acids is 2. The zero-order valence-electron chi connectivity index (χ0n) is 13.5. The number of pyridine rings is 1. The quantitative estimate of drug-likeness (QED) is 0.248. The molecule has 1 fully saturated rings. The summed E-state index contributed by atoms with van der Waals surface area (Å²) in [6.07, 6.45) is -4.88. The van der Waals surface area contributed by atoms with Crippen LogP contribution in [0, 0.1) is 0 Å². The van der Waals surface area contributed by atoms with Crippen LogP contribution in [0.2, 0.25) is 0 Å². The number of nitrogens with two attached hydrogens (primary N) is 1. The number of primary amides is 1. The van der Waals surface area contributed by atoms with E-state index in [9.17, 15) is 29.7 Å². The summed E-state index contributed by atoms with van der Waals surface area (Å²) in [4.78, 5) is 33.2. The number of aromatic nitrogens is 1. The van der Waals surface area contributed by atoms with Crippen LogP contribution in [0.3, 0.4) is 0 Å². The van der Waals surface area contributed by atoms with E-state index in [1.807, 2.05) is 0 Å². The topological polar surface area (TPSA) is 180 Å². The number of hydrogen-bond acceptors (Lipinski definition) is 8. The fourth-order valence-electron chi connectivity index (χ4n) is 2.42. The third kappa shape index (κ3) is 4.52. The van der Waals surface area contributed by atoms with Gasteiger partial charge < -0.3 is 35.6 Å². The van der Waals surface area contributed by atoms with E-state index in [-0.39, 0.29) is 5.56 Å². The Morgan fingerprint density at radius 2 is 2.00 bits per heavy atom. The molecule has 0 unspecified atom stereocenters. The van der Waals surface area contributed by atoms with Gasteiger partial charge in [-0.05, 0) is 6.07 Å². The number of rotatable bonds is 7. The lowest BCUT2D eigenvalue weighted by Gasteiger charge is -2.15. The molecule has 5 atom stereocenters. The lowest BCUT2D eigenvalue weighted by atomic mass is 10.1. The van der Waals surface area contributed by atoms with Gasteiger partial charge in [0, 0.05) is 6.07 Å². The molecule has 0 radical (unpaired) electrons. The Bertz CT molecular complexity index is 695. The van der Waals surface area contributed by atoms with E-state index in [1.54, 1.807) is 0 Å². The van der Waals surface area contributed by atoms with Crippen LogP contribution in [0.15, 0.2) is 24.5 Å². The van der Waals surface area contributed by atoms with Gasteiger partial charge in [-0.15, -0.1) is 0 Å². The number of carboxylic acid groups (broad SMARTS) is 1. The minimum Gasteiger partial charge on any atom is -0.481 e. The van der Waals surface area contributed by atoms with Crippen LogP contribution in [0.4, 0.5) is 0 Å². The van der Waals surface area contributed by atoms with Crippen molar-refractivity contribution in [3.8, 4) is 0 Å². The largest absolute Gasteiger partial charge is 0.481 e. The summed E-state index contributed by atoms with van der Waals surface area (Å²) in [5.74, 6) is -3.26. The second-order valence-electron chi connectivity index (χ2n) is 5.69. The van der Waals surface area contributed by atoms with E-state index in [1.165, 1.54) is 29.1 Å². The number of aliphatic carboxylic acids is 1. The highest BCUT2D eigenvalue weighted by Gasteiger charge is 2.48. The van der Waals surface area contributed by atoms with Gasteiger partial charge >= 0.3 is 11.9 Å². The monoisotopic (exact) mass is 371 g/mol. The molecule has 0 saturated carbocycles. The highest BCUT2D eigenvalue weighted by Crippen LogP contribution is 2.25. The Morgan fingerprint density at radius 1 is 1.31 bits per heavy atom. The second kappa shape index (κ2) is 8.19. The fraction of sp³-hybridized carbons (Fsp3) is 0.467. The molecular weight excluding hydrogens is 352 g/mol. The summed E-state index contributed by atoms with van der Waals surface area (Å²) < 4.78 is 11.5. The fourth-order valence-corrected chi connectivity index (χ4v) is 2.42. The lowest BCUT2D eigenvalue weighted by Crippen LogP contribution is -2.46. The number of esters is 1. The van der Waals surface area contributed by atoms with Gasteiger partial charge in [0.15, 0.2) is 24.6 Å². The number of amides is 1. The van der Waals surface area contributed by atoms with Crippen LogP contribution in [-0.2, 0) is 19.1 Å². The van der Waals surface area contributed by atoms with Crippen LogP contribution in [0.1, 0.15) is 23.0 Å². The molecule has 1 amide bonds. The van der Waals surface area contributed by atoms with Crippen molar-refractivity contribution >= 4 is 17.8 Å². The molecule has 0 aliphatic carbocycles. The van der Waals surface area contributed by atoms with E-state index in [0.29, 0.717) is 0 Å². The molecule has 6 N–H and O–H groups in total. The number of carbonyl (C=O) groups is 3. The maximum atomic E-state index is 11.5. The average molecular weight is 371 g/mol. The van der Waals surface area contributed by atoms with Crippen molar-refractivity contribution in [3.05, 3.63) is 30.1 Å². The number of carboxylic acids is 1. The first-order valence-corrected chi connectivity index (χ1v) is 7.59. The maximum absolute atomic E-state index is 11.5. The molecule has 0 bridgehead atoms. The first kappa shape index (κ1) is 19.7. The van der Waals surface area contributed by atoms with Crippen molar-refractivity contribution in [1.82, 2.24) is 0 Å². The van der Waals surface area contributed by atoms with Crippen molar-refractivity contribution < 1.29 is 48.9 Å². The molecule has 26 heavy (non-hydrogen) atoms. The van der Waals surface area contributed by atoms with Gasteiger partial charge in [0.05, 0.1) is 6.42 Å². The van der Waals surface area contributed by atoms with Crippen molar-refractivity contribution in [2.24, 2.45) is 5.73 Å². The van der Waals surface area contributed by atoms with Gasteiger partial charge in [0.1, 0.15) is 24.4 Å². The molecule has 2 heterocycles. The molecule has 2 rings (SSSR count). The maximum Gasteiger partial charge on any atom is 0.335 e. The Morgan fingerprint density at radius 3 is 2.62 bits per heavy atom. The summed E-state index contributed by atoms with van der Waals surface area (Å²) in [5.41, 5.74) is 5.34. The number of ether oxygens (including phenoxy) is 2. The highest BCUT2D eigenvalue weighted by molar-refractivity contribution is 5.92. The highest BCUT2D eigenvalue weighted by atomic mass is 16.6. The van der Waals surface area contributed by atoms with Crippen molar-refractivity contribution in [2.75, 3.05) is 6.61 Å². The van der Waals surface area contributed by atoms with E-state index >= 15 is 0 Å². The van der Waals surface area contributed by atoms with E-state index in [0.717, 1.165) is 0 Å². The zero-order chi connectivity index (χ0) is 19.4. The van der Waals surface area contributed by atoms with Crippen molar-refractivity contribution in [1.29, 1.82) is 0 Å². The van der Waals surface area contributed by atoms with Crippen LogP contribution >= 0.6 is 0 Å². The van der Waals surface area contributed by atoms with Gasteiger partial charge in [-0.3, -0.25) is 9.59 Å².